The van der Waals surface area contributed by atoms with Crippen molar-refractivity contribution in [2.45, 2.75) is 51.5 Å². The first-order valence-corrected chi connectivity index (χ1v) is 8.02. The summed E-state index contributed by atoms with van der Waals surface area (Å²) in [6, 6.07) is 1.46. The second-order valence-corrected chi connectivity index (χ2v) is 5.36. The molecule has 12 heavy (non-hydrogen) atoms. The van der Waals surface area contributed by atoms with Crippen LogP contribution in [0.2, 0.25) is 6.04 Å². The zero-order valence-electron chi connectivity index (χ0n) is 8.66. The summed E-state index contributed by atoms with van der Waals surface area (Å²) in [6.07, 6.45) is 8.60. The van der Waals surface area contributed by atoms with Gasteiger partial charge in [0.2, 0.25) is 0 Å². The van der Waals surface area contributed by atoms with Crippen molar-refractivity contribution >= 4 is 19.8 Å². The fourth-order valence-electron chi connectivity index (χ4n) is 1.30. The first-order valence-electron chi connectivity index (χ1n) is 5.31. The molecule has 0 fully saturated rings. The van der Waals surface area contributed by atoms with Crippen molar-refractivity contribution in [3.63, 3.8) is 0 Å². The lowest BCUT2D eigenvalue weighted by Gasteiger charge is -1.97. The van der Waals surface area contributed by atoms with E-state index in [1.807, 2.05) is 0 Å². The molecule has 0 radical (unpaired) electrons. The van der Waals surface area contributed by atoms with Gasteiger partial charge >= 0.3 is 0 Å². The van der Waals surface area contributed by atoms with Crippen LogP contribution >= 0.6 is 0 Å². The summed E-state index contributed by atoms with van der Waals surface area (Å²) in [5, 5.41) is 0. The molecule has 2 heteroatoms. The molecule has 0 bridgehead atoms. The first-order chi connectivity index (χ1) is 5.91. The highest BCUT2D eigenvalue weighted by Gasteiger charge is 1.89. The van der Waals surface area contributed by atoms with Gasteiger partial charge in [-0.2, -0.15) is 5.54 Å². The highest BCUT2D eigenvalue weighted by atomic mass is 28.2. The number of unbranched alkanes of at least 4 members (excludes halogenated alkanes) is 5. The van der Waals surface area contributed by atoms with E-state index in [1.165, 1.54) is 44.6 Å². The van der Waals surface area contributed by atoms with E-state index in [4.69, 9.17) is 0 Å². The van der Waals surface area contributed by atoms with Gasteiger partial charge in [0, 0.05) is 0 Å². The SMILES string of the molecule is CCCCCCCC[SiH2]C#C[SiH3]. The molecular weight excluding hydrogens is 176 g/mol. The molecule has 0 aromatic rings. The molecule has 0 aromatic carbocycles. The molecule has 0 unspecified atom stereocenters. The van der Waals surface area contributed by atoms with Gasteiger partial charge in [0.05, 0.1) is 10.2 Å². The zero-order valence-corrected chi connectivity index (χ0v) is 12.1. The van der Waals surface area contributed by atoms with E-state index in [2.05, 4.69) is 18.0 Å². The molecule has 0 saturated heterocycles. The maximum absolute atomic E-state index is 3.30. The quantitative estimate of drug-likeness (QED) is 0.328. The van der Waals surface area contributed by atoms with Crippen LogP contribution in [0.25, 0.3) is 0 Å². The third-order valence-corrected chi connectivity index (χ3v) is 4.60. The molecule has 0 saturated carbocycles. The molecule has 0 aliphatic rings. The van der Waals surface area contributed by atoms with Crippen molar-refractivity contribution in [1.82, 2.24) is 0 Å². The van der Waals surface area contributed by atoms with Crippen molar-refractivity contribution in [3.05, 3.63) is 0 Å². The fraction of sp³-hybridized carbons (Fsp3) is 0.800. The van der Waals surface area contributed by atoms with E-state index >= 15 is 0 Å². The average Bonchev–Trinajstić information content (AvgIpc) is 2.10. The zero-order chi connectivity index (χ0) is 9.07. The van der Waals surface area contributed by atoms with Crippen LogP contribution in [0, 0.1) is 11.1 Å². The minimum Gasteiger partial charge on any atom is -0.151 e. The van der Waals surface area contributed by atoms with Crippen molar-refractivity contribution in [1.29, 1.82) is 0 Å². The van der Waals surface area contributed by atoms with Crippen LogP contribution in [0.4, 0.5) is 0 Å². The predicted molar refractivity (Wildman–Crippen MR) is 64.4 cm³/mol. The van der Waals surface area contributed by atoms with Gasteiger partial charge in [-0.1, -0.05) is 51.5 Å². The van der Waals surface area contributed by atoms with Crippen molar-refractivity contribution in [2.24, 2.45) is 0 Å². The minimum atomic E-state index is 0.0454. The van der Waals surface area contributed by atoms with Crippen LogP contribution in [0.1, 0.15) is 45.4 Å². The van der Waals surface area contributed by atoms with Crippen LogP contribution < -0.4 is 0 Å². The van der Waals surface area contributed by atoms with Crippen LogP contribution in [0.3, 0.4) is 0 Å². The van der Waals surface area contributed by atoms with E-state index in [0.29, 0.717) is 0 Å². The summed E-state index contributed by atoms with van der Waals surface area (Å²) in [5.41, 5.74) is 6.43. The summed E-state index contributed by atoms with van der Waals surface area (Å²) in [6.45, 7) is 2.27. The lowest BCUT2D eigenvalue weighted by Crippen LogP contribution is -1.85. The molecule has 0 aliphatic carbocycles. The van der Waals surface area contributed by atoms with Crippen LogP contribution in [0.5, 0.6) is 0 Å². The van der Waals surface area contributed by atoms with Gasteiger partial charge in [0.1, 0.15) is 9.52 Å². The second kappa shape index (κ2) is 11.0. The lowest BCUT2D eigenvalue weighted by atomic mass is 10.1. The maximum Gasteiger partial charge on any atom is 0.106 e. The van der Waals surface area contributed by atoms with E-state index in [0.717, 1.165) is 10.2 Å². The van der Waals surface area contributed by atoms with Crippen molar-refractivity contribution in [2.75, 3.05) is 0 Å². The highest BCUT2D eigenvalue weighted by Crippen LogP contribution is 2.06. The minimum absolute atomic E-state index is 0.0454. The normalized spacial score (nSPS) is 10.4. The van der Waals surface area contributed by atoms with Crippen LogP contribution in [-0.4, -0.2) is 19.8 Å². The van der Waals surface area contributed by atoms with Crippen molar-refractivity contribution < 1.29 is 0 Å². The maximum atomic E-state index is 3.30. The Balaban J connectivity index is 2.84. The summed E-state index contributed by atoms with van der Waals surface area (Å²) in [7, 11) is 1.13. The molecule has 0 atom stereocenters. The molecule has 70 valence electrons. The third-order valence-electron chi connectivity index (χ3n) is 2.08. The molecule has 0 amide bonds. The molecule has 0 heterocycles. The monoisotopic (exact) mass is 198 g/mol. The first kappa shape index (κ1) is 12.0. The Morgan fingerprint density at radius 1 is 1.08 bits per heavy atom. The Morgan fingerprint density at radius 3 is 2.42 bits per heavy atom. The highest BCUT2D eigenvalue weighted by molar-refractivity contribution is 6.47. The topological polar surface area (TPSA) is 0 Å². The average molecular weight is 198 g/mol. The molecule has 0 aromatic heterocycles. The Bertz CT molecular complexity index is 133. The largest absolute Gasteiger partial charge is 0.151 e. The molecule has 0 nitrogen and oxygen atoms in total. The van der Waals surface area contributed by atoms with Crippen LogP contribution in [0.15, 0.2) is 0 Å². The predicted octanol–water partition coefficient (Wildman–Crippen LogP) is 1.22. The summed E-state index contributed by atoms with van der Waals surface area (Å²) in [4.78, 5) is 0. The van der Waals surface area contributed by atoms with Crippen LogP contribution in [-0.2, 0) is 0 Å². The van der Waals surface area contributed by atoms with Gasteiger partial charge in [-0.05, 0) is 0 Å². The van der Waals surface area contributed by atoms with E-state index in [9.17, 15) is 0 Å². The summed E-state index contributed by atoms with van der Waals surface area (Å²) in [5.74, 6) is 0. The molecule has 0 aliphatic heterocycles. The molecular formula is C10H22Si2. The lowest BCUT2D eigenvalue weighted by molar-refractivity contribution is 0.624. The van der Waals surface area contributed by atoms with Gasteiger partial charge < -0.3 is 0 Å². The van der Waals surface area contributed by atoms with Gasteiger partial charge in [-0.25, -0.2) is 0 Å². The summed E-state index contributed by atoms with van der Waals surface area (Å²) >= 11 is 0. The van der Waals surface area contributed by atoms with E-state index < -0.39 is 0 Å². The Kier molecular flexibility index (Phi) is 11.0. The Morgan fingerprint density at radius 2 is 1.75 bits per heavy atom. The number of hydrogen-bond acceptors (Lipinski definition) is 0. The molecule has 0 spiro atoms. The standard InChI is InChI=1S/C10H22Si2/c1-2-3-4-5-6-7-9-12-10-8-11/h2-7,9,12H2,1,11H3. The Hall–Kier alpha value is -0.00623. The van der Waals surface area contributed by atoms with E-state index in [-0.39, 0.29) is 9.52 Å². The van der Waals surface area contributed by atoms with Gasteiger partial charge in [-0.15, -0.1) is 5.54 Å². The van der Waals surface area contributed by atoms with E-state index in [1.54, 1.807) is 0 Å². The van der Waals surface area contributed by atoms with Gasteiger partial charge in [0.15, 0.2) is 0 Å². The fourth-order valence-corrected chi connectivity index (χ4v) is 3.08. The second-order valence-electron chi connectivity index (χ2n) is 3.30. The Labute approximate surface area is 82.8 Å². The molecule has 0 rings (SSSR count). The number of rotatable bonds is 7. The van der Waals surface area contributed by atoms with Crippen molar-refractivity contribution in [3.8, 4) is 11.1 Å². The van der Waals surface area contributed by atoms with Gasteiger partial charge in [-0.3, -0.25) is 0 Å². The third kappa shape index (κ3) is 9.99. The number of hydrogen-bond donors (Lipinski definition) is 0. The molecule has 0 N–H and O–H groups in total. The van der Waals surface area contributed by atoms with Gasteiger partial charge in [0.25, 0.3) is 0 Å². The smallest absolute Gasteiger partial charge is 0.106 e. The summed E-state index contributed by atoms with van der Waals surface area (Å²) < 4.78 is 0.